The number of nitrogens with one attached hydrogen (secondary N) is 2. The molecule has 1 aliphatic heterocycles. The second kappa shape index (κ2) is 7.59. The predicted octanol–water partition coefficient (Wildman–Crippen LogP) is 3.83. The quantitative estimate of drug-likeness (QED) is 0.678. The van der Waals surface area contributed by atoms with Gasteiger partial charge in [0, 0.05) is 42.3 Å². The van der Waals surface area contributed by atoms with Crippen molar-refractivity contribution in [1.82, 2.24) is 9.88 Å². The van der Waals surface area contributed by atoms with Gasteiger partial charge in [-0.3, -0.25) is 9.59 Å². The molecule has 5 nitrogen and oxygen atoms in total. The van der Waals surface area contributed by atoms with E-state index in [2.05, 4.69) is 22.4 Å². The number of H-pyrrole nitrogens is 1. The van der Waals surface area contributed by atoms with Crippen LogP contribution in [0, 0.1) is 11.7 Å². The Labute approximate surface area is 174 Å². The first-order valence-corrected chi connectivity index (χ1v) is 10.5. The Hall–Kier alpha value is -3.15. The lowest BCUT2D eigenvalue weighted by Gasteiger charge is -2.16. The third kappa shape index (κ3) is 3.58. The van der Waals surface area contributed by atoms with Crippen LogP contribution in [0.1, 0.15) is 29.5 Å². The minimum absolute atomic E-state index is 0.00451. The molecule has 2 N–H and O–H groups in total. The van der Waals surface area contributed by atoms with E-state index >= 15 is 0 Å². The largest absolute Gasteiger partial charge is 0.361 e. The van der Waals surface area contributed by atoms with Crippen LogP contribution in [-0.2, 0) is 28.9 Å². The molecule has 0 spiro atoms. The van der Waals surface area contributed by atoms with E-state index in [0.717, 1.165) is 35.0 Å². The lowest BCUT2D eigenvalue weighted by Crippen LogP contribution is -2.30. The van der Waals surface area contributed by atoms with E-state index in [9.17, 15) is 14.0 Å². The SMILES string of the molecule is O=C(Nc1ccc2c(c1)CCC2)[C@H]1CC(=O)N(CCc2c[nH]c3ccc(F)cc23)C1. The summed E-state index contributed by atoms with van der Waals surface area (Å²) in [5, 5.41) is 3.83. The Morgan fingerprint density at radius 3 is 2.93 bits per heavy atom. The van der Waals surface area contributed by atoms with Crippen LogP contribution in [0.3, 0.4) is 0 Å². The number of anilines is 1. The maximum Gasteiger partial charge on any atom is 0.229 e. The lowest BCUT2D eigenvalue weighted by molar-refractivity contribution is -0.128. The van der Waals surface area contributed by atoms with Crippen LogP contribution >= 0.6 is 0 Å². The zero-order valence-corrected chi connectivity index (χ0v) is 16.7. The molecule has 0 bridgehead atoms. The summed E-state index contributed by atoms with van der Waals surface area (Å²) in [6.45, 7) is 0.942. The molecule has 2 aliphatic rings. The summed E-state index contributed by atoms with van der Waals surface area (Å²) in [7, 11) is 0. The van der Waals surface area contributed by atoms with Gasteiger partial charge in [-0.15, -0.1) is 0 Å². The summed E-state index contributed by atoms with van der Waals surface area (Å²) < 4.78 is 13.6. The molecule has 1 aromatic heterocycles. The third-order valence-electron chi connectivity index (χ3n) is 6.33. The van der Waals surface area contributed by atoms with Crippen molar-refractivity contribution in [3.05, 3.63) is 65.1 Å². The summed E-state index contributed by atoms with van der Waals surface area (Å²) in [6, 6.07) is 10.8. The first kappa shape index (κ1) is 18.9. The Bertz CT molecular complexity index is 1140. The molecule has 6 heteroatoms. The number of aromatic nitrogens is 1. The minimum atomic E-state index is -0.342. The molecule has 3 aromatic rings. The number of halogens is 1. The molecule has 1 fully saturated rings. The smallest absolute Gasteiger partial charge is 0.229 e. The van der Waals surface area contributed by atoms with Gasteiger partial charge in [-0.1, -0.05) is 6.07 Å². The van der Waals surface area contributed by atoms with E-state index in [1.165, 1.54) is 29.7 Å². The maximum atomic E-state index is 13.6. The summed E-state index contributed by atoms with van der Waals surface area (Å²) >= 11 is 0. The molecular formula is C24H24FN3O2. The molecule has 2 heterocycles. The maximum absolute atomic E-state index is 13.6. The second-order valence-electron chi connectivity index (χ2n) is 8.32. The van der Waals surface area contributed by atoms with Crippen molar-refractivity contribution in [2.24, 2.45) is 5.92 Å². The molecule has 0 saturated carbocycles. The molecule has 2 amide bonds. The number of aryl methyl sites for hydroxylation is 2. The van der Waals surface area contributed by atoms with Crippen molar-refractivity contribution in [1.29, 1.82) is 0 Å². The summed E-state index contributed by atoms with van der Waals surface area (Å²) in [6.07, 6.45) is 6.06. The van der Waals surface area contributed by atoms with Gasteiger partial charge in [-0.25, -0.2) is 4.39 Å². The van der Waals surface area contributed by atoms with Crippen molar-refractivity contribution < 1.29 is 14.0 Å². The normalized spacial score (nSPS) is 18.2. The topological polar surface area (TPSA) is 65.2 Å². The van der Waals surface area contributed by atoms with Crippen LogP contribution in [0.2, 0.25) is 0 Å². The highest BCUT2D eigenvalue weighted by molar-refractivity contribution is 5.97. The number of carbonyl (C=O) groups excluding carboxylic acids is 2. The Balaban J connectivity index is 1.21. The first-order chi connectivity index (χ1) is 14.6. The number of fused-ring (bicyclic) bond motifs is 2. The molecule has 1 saturated heterocycles. The van der Waals surface area contributed by atoms with Gasteiger partial charge in [0.2, 0.25) is 11.8 Å². The first-order valence-electron chi connectivity index (χ1n) is 10.5. The average molecular weight is 405 g/mol. The monoisotopic (exact) mass is 405 g/mol. The van der Waals surface area contributed by atoms with Gasteiger partial charge in [0.05, 0.1) is 5.92 Å². The van der Waals surface area contributed by atoms with Gasteiger partial charge in [-0.2, -0.15) is 0 Å². The van der Waals surface area contributed by atoms with Crippen LogP contribution in [0.4, 0.5) is 10.1 Å². The number of carbonyl (C=O) groups is 2. The standard InChI is InChI=1S/C24H24FN3O2/c25-19-5-7-22-21(12-19)17(13-26-22)8-9-28-14-18(11-23(28)29)24(30)27-20-6-4-15-2-1-3-16(15)10-20/h4-7,10,12-13,18,26H,1-3,8-9,11,14H2,(H,27,30)/t18-/m0/s1. The van der Waals surface area contributed by atoms with Gasteiger partial charge < -0.3 is 15.2 Å². The van der Waals surface area contributed by atoms with Gasteiger partial charge in [-0.05, 0) is 72.7 Å². The van der Waals surface area contributed by atoms with Gasteiger partial charge in [0.15, 0.2) is 0 Å². The molecule has 2 aromatic carbocycles. The van der Waals surface area contributed by atoms with E-state index < -0.39 is 0 Å². The van der Waals surface area contributed by atoms with Gasteiger partial charge in [0.25, 0.3) is 0 Å². The molecule has 1 aliphatic carbocycles. The number of aromatic amines is 1. The number of benzene rings is 2. The lowest BCUT2D eigenvalue weighted by atomic mass is 10.1. The van der Waals surface area contributed by atoms with E-state index in [0.29, 0.717) is 19.5 Å². The fourth-order valence-electron chi connectivity index (χ4n) is 4.67. The fraction of sp³-hybridized carbons (Fsp3) is 0.333. The Morgan fingerprint density at radius 2 is 2.03 bits per heavy atom. The zero-order valence-electron chi connectivity index (χ0n) is 16.7. The molecule has 0 unspecified atom stereocenters. The predicted molar refractivity (Wildman–Crippen MR) is 114 cm³/mol. The molecule has 5 rings (SSSR count). The molecule has 1 atom stereocenters. The van der Waals surface area contributed by atoms with Crippen LogP contribution in [0.5, 0.6) is 0 Å². The molecule has 0 radical (unpaired) electrons. The summed E-state index contributed by atoms with van der Waals surface area (Å²) in [5.41, 5.74) is 5.35. The number of hydrogen-bond donors (Lipinski definition) is 2. The number of rotatable bonds is 5. The summed E-state index contributed by atoms with van der Waals surface area (Å²) in [5.74, 6) is -0.719. The number of amides is 2. The highest BCUT2D eigenvalue weighted by Gasteiger charge is 2.34. The second-order valence-corrected chi connectivity index (χ2v) is 8.32. The molecular weight excluding hydrogens is 381 g/mol. The van der Waals surface area contributed by atoms with E-state index in [-0.39, 0.29) is 30.0 Å². The van der Waals surface area contributed by atoms with Crippen LogP contribution < -0.4 is 5.32 Å². The Kier molecular flexibility index (Phi) is 4.77. The van der Waals surface area contributed by atoms with Crippen molar-refractivity contribution >= 4 is 28.4 Å². The summed E-state index contributed by atoms with van der Waals surface area (Å²) in [4.78, 5) is 30.0. The number of likely N-dealkylation sites (tertiary alicyclic amines) is 1. The van der Waals surface area contributed by atoms with Crippen LogP contribution in [-0.4, -0.2) is 34.8 Å². The van der Waals surface area contributed by atoms with Crippen molar-refractivity contribution in [3.8, 4) is 0 Å². The molecule has 154 valence electrons. The van der Waals surface area contributed by atoms with Crippen molar-refractivity contribution in [2.75, 3.05) is 18.4 Å². The average Bonchev–Trinajstić information content (AvgIpc) is 3.44. The highest BCUT2D eigenvalue weighted by Crippen LogP contribution is 2.27. The number of nitrogens with zero attached hydrogens (tertiary/aromatic N) is 1. The van der Waals surface area contributed by atoms with Gasteiger partial charge >= 0.3 is 0 Å². The fourth-order valence-corrected chi connectivity index (χ4v) is 4.67. The Morgan fingerprint density at radius 1 is 1.17 bits per heavy atom. The zero-order chi connectivity index (χ0) is 20.7. The minimum Gasteiger partial charge on any atom is -0.361 e. The van der Waals surface area contributed by atoms with Crippen molar-refractivity contribution in [3.63, 3.8) is 0 Å². The van der Waals surface area contributed by atoms with Crippen LogP contribution in [0.25, 0.3) is 10.9 Å². The van der Waals surface area contributed by atoms with Crippen molar-refractivity contribution in [2.45, 2.75) is 32.1 Å². The van der Waals surface area contributed by atoms with Crippen LogP contribution in [0.15, 0.2) is 42.6 Å². The third-order valence-corrected chi connectivity index (χ3v) is 6.33. The highest BCUT2D eigenvalue weighted by atomic mass is 19.1. The van der Waals surface area contributed by atoms with Gasteiger partial charge in [0.1, 0.15) is 5.82 Å². The molecule has 30 heavy (non-hydrogen) atoms. The van der Waals surface area contributed by atoms with E-state index in [1.807, 2.05) is 12.3 Å². The van der Waals surface area contributed by atoms with E-state index in [1.54, 1.807) is 11.0 Å². The van der Waals surface area contributed by atoms with E-state index in [4.69, 9.17) is 0 Å². The number of hydrogen-bond acceptors (Lipinski definition) is 2.